The highest BCUT2D eigenvalue weighted by Crippen LogP contribution is 2.18. The van der Waals surface area contributed by atoms with E-state index in [1.165, 1.54) is 6.54 Å². The van der Waals surface area contributed by atoms with Crippen LogP contribution in [0.4, 0.5) is 0 Å². The lowest BCUT2D eigenvalue weighted by Gasteiger charge is -2.20. The molecule has 1 aliphatic rings. The fourth-order valence-corrected chi connectivity index (χ4v) is 2.31. The van der Waals surface area contributed by atoms with Crippen molar-refractivity contribution < 1.29 is 0 Å². The van der Waals surface area contributed by atoms with Gasteiger partial charge < -0.3 is 10.3 Å². The summed E-state index contributed by atoms with van der Waals surface area (Å²) in [6.45, 7) is 10.0. The number of nitrogens with zero attached hydrogens (tertiary/aromatic N) is 2. The minimum Gasteiger partial charge on any atom is -0.348 e. The van der Waals surface area contributed by atoms with Gasteiger partial charge in [-0.25, -0.2) is 4.98 Å². The number of imidazole rings is 1. The van der Waals surface area contributed by atoms with Crippen LogP contribution in [0.3, 0.4) is 0 Å². The van der Waals surface area contributed by atoms with E-state index in [1.807, 2.05) is 6.20 Å². The zero-order chi connectivity index (χ0) is 11.5. The molecule has 0 aliphatic carbocycles. The Morgan fingerprint density at radius 1 is 1.56 bits per heavy atom. The van der Waals surface area contributed by atoms with Crippen molar-refractivity contribution in [3.8, 4) is 0 Å². The van der Waals surface area contributed by atoms with E-state index in [4.69, 9.17) is 0 Å². The first kappa shape index (κ1) is 11.6. The lowest BCUT2D eigenvalue weighted by Crippen LogP contribution is -2.36. The second-order valence-electron chi connectivity index (χ2n) is 5.05. The smallest absolute Gasteiger partial charge is 0.120 e. The topological polar surface area (TPSA) is 44.0 Å². The summed E-state index contributed by atoms with van der Waals surface area (Å²) in [6, 6.07) is 1.24. The molecule has 0 aromatic carbocycles. The molecule has 0 saturated carbocycles. The number of H-pyrrole nitrogens is 1. The van der Waals surface area contributed by atoms with Gasteiger partial charge in [0.05, 0.1) is 6.54 Å². The number of aromatic amines is 1. The Kier molecular flexibility index (Phi) is 3.61. The number of rotatable bonds is 4. The van der Waals surface area contributed by atoms with Crippen LogP contribution in [-0.4, -0.2) is 40.0 Å². The average Bonchev–Trinajstić information content (AvgIpc) is 2.84. The van der Waals surface area contributed by atoms with E-state index in [-0.39, 0.29) is 0 Å². The van der Waals surface area contributed by atoms with Gasteiger partial charge in [-0.1, -0.05) is 6.92 Å². The largest absolute Gasteiger partial charge is 0.348 e. The second kappa shape index (κ2) is 4.97. The first-order chi connectivity index (χ1) is 7.66. The Morgan fingerprint density at radius 2 is 2.38 bits per heavy atom. The van der Waals surface area contributed by atoms with Gasteiger partial charge in [-0.05, 0) is 19.8 Å². The molecule has 16 heavy (non-hydrogen) atoms. The third-order valence-electron chi connectivity index (χ3n) is 3.46. The third kappa shape index (κ3) is 2.62. The van der Waals surface area contributed by atoms with Crippen LogP contribution in [0, 0.1) is 5.92 Å². The summed E-state index contributed by atoms with van der Waals surface area (Å²) >= 11 is 0. The van der Waals surface area contributed by atoms with Gasteiger partial charge in [0.25, 0.3) is 0 Å². The van der Waals surface area contributed by atoms with Gasteiger partial charge in [-0.2, -0.15) is 0 Å². The summed E-state index contributed by atoms with van der Waals surface area (Å²) in [7, 11) is 0. The van der Waals surface area contributed by atoms with Crippen molar-refractivity contribution in [2.75, 3.05) is 13.1 Å². The fraction of sp³-hybridized carbons (Fsp3) is 0.750. The number of likely N-dealkylation sites (tertiary alicyclic amines) is 1. The normalized spacial score (nSPS) is 26.8. The molecule has 2 N–H and O–H groups in total. The van der Waals surface area contributed by atoms with Crippen LogP contribution < -0.4 is 5.32 Å². The van der Waals surface area contributed by atoms with E-state index in [0.717, 1.165) is 24.8 Å². The van der Waals surface area contributed by atoms with Gasteiger partial charge in [0.1, 0.15) is 5.82 Å². The van der Waals surface area contributed by atoms with Gasteiger partial charge >= 0.3 is 0 Å². The van der Waals surface area contributed by atoms with Crippen molar-refractivity contribution >= 4 is 0 Å². The van der Waals surface area contributed by atoms with E-state index in [1.54, 1.807) is 6.20 Å². The second-order valence-corrected chi connectivity index (χ2v) is 5.05. The molecule has 0 radical (unpaired) electrons. The van der Waals surface area contributed by atoms with E-state index in [2.05, 4.69) is 41.0 Å². The maximum Gasteiger partial charge on any atom is 0.120 e. The van der Waals surface area contributed by atoms with E-state index >= 15 is 0 Å². The van der Waals surface area contributed by atoms with E-state index in [9.17, 15) is 0 Å². The molecule has 1 fully saturated rings. The third-order valence-corrected chi connectivity index (χ3v) is 3.46. The van der Waals surface area contributed by atoms with Gasteiger partial charge in [0.15, 0.2) is 0 Å². The molecule has 1 saturated heterocycles. The first-order valence-corrected chi connectivity index (χ1v) is 6.12. The molecule has 4 nitrogen and oxygen atoms in total. The molecule has 0 spiro atoms. The lowest BCUT2D eigenvalue weighted by atomic mass is 10.1. The van der Waals surface area contributed by atoms with Crippen LogP contribution in [0.5, 0.6) is 0 Å². The Bertz CT molecular complexity index is 307. The van der Waals surface area contributed by atoms with Crippen LogP contribution in [0.1, 0.15) is 26.6 Å². The van der Waals surface area contributed by atoms with E-state index in [0.29, 0.717) is 12.1 Å². The van der Waals surface area contributed by atoms with Crippen molar-refractivity contribution in [1.82, 2.24) is 20.2 Å². The molecule has 1 aromatic rings. The molecule has 90 valence electrons. The quantitative estimate of drug-likeness (QED) is 0.805. The standard InChI is InChI=1S/C12H22N4/c1-9(2)16-7-10(3)11(8-16)15-6-12-13-4-5-14-12/h4-5,9-11,15H,6-8H2,1-3H3,(H,13,14). The Labute approximate surface area is 97.4 Å². The lowest BCUT2D eigenvalue weighted by molar-refractivity contribution is 0.264. The molecule has 1 aliphatic heterocycles. The highest BCUT2D eigenvalue weighted by molar-refractivity contribution is 4.91. The molecule has 2 atom stereocenters. The molecule has 1 aromatic heterocycles. The molecular formula is C12H22N4. The van der Waals surface area contributed by atoms with Gasteiger partial charge in [-0.3, -0.25) is 4.90 Å². The highest BCUT2D eigenvalue weighted by atomic mass is 15.2. The monoisotopic (exact) mass is 222 g/mol. The molecule has 2 heterocycles. The molecule has 0 amide bonds. The fourth-order valence-electron chi connectivity index (χ4n) is 2.31. The zero-order valence-electron chi connectivity index (χ0n) is 10.4. The summed E-state index contributed by atoms with van der Waals surface area (Å²) in [6.07, 6.45) is 3.67. The Hall–Kier alpha value is -0.870. The van der Waals surface area contributed by atoms with Crippen LogP contribution in [0.15, 0.2) is 12.4 Å². The average molecular weight is 222 g/mol. The summed E-state index contributed by atoms with van der Waals surface area (Å²) in [4.78, 5) is 9.88. The Morgan fingerprint density at radius 3 is 2.94 bits per heavy atom. The highest BCUT2D eigenvalue weighted by Gasteiger charge is 2.30. The SMILES string of the molecule is CC1CN(C(C)C)CC1NCc1ncc[nH]1. The zero-order valence-corrected chi connectivity index (χ0v) is 10.4. The van der Waals surface area contributed by atoms with Crippen LogP contribution in [0.25, 0.3) is 0 Å². The van der Waals surface area contributed by atoms with Crippen LogP contribution in [0.2, 0.25) is 0 Å². The van der Waals surface area contributed by atoms with Crippen molar-refractivity contribution in [3.63, 3.8) is 0 Å². The number of nitrogens with one attached hydrogen (secondary N) is 2. The van der Waals surface area contributed by atoms with Gasteiger partial charge in [-0.15, -0.1) is 0 Å². The van der Waals surface area contributed by atoms with Crippen molar-refractivity contribution in [2.24, 2.45) is 5.92 Å². The molecule has 0 bridgehead atoms. The van der Waals surface area contributed by atoms with E-state index < -0.39 is 0 Å². The molecular weight excluding hydrogens is 200 g/mol. The maximum atomic E-state index is 4.22. The van der Waals surface area contributed by atoms with Crippen molar-refractivity contribution in [1.29, 1.82) is 0 Å². The summed E-state index contributed by atoms with van der Waals surface area (Å²) in [5.41, 5.74) is 0. The maximum absolute atomic E-state index is 4.22. The minimum absolute atomic E-state index is 0.590. The Balaban J connectivity index is 1.82. The number of hydrogen-bond acceptors (Lipinski definition) is 3. The molecule has 2 unspecified atom stereocenters. The summed E-state index contributed by atoms with van der Waals surface area (Å²) in [5.74, 6) is 1.74. The number of aromatic nitrogens is 2. The summed E-state index contributed by atoms with van der Waals surface area (Å²) < 4.78 is 0. The van der Waals surface area contributed by atoms with Crippen LogP contribution in [-0.2, 0) is 6.54 Å². The van der Waals surface area contributed by atoms with Gasteiger partial charge in [0.2, 0.25) is 0 Å². The van der Waals surface area contributed by atoms with Crippen LogP contribution >= 0.6 is 0 Å². The molecule has 2 rings (SSSR count). The molecule has 4 heteroatoms. The predicted octanol–water partition coefficient (Wildman–Crippen LogP) is 1.23. The number of hydrogen-bond donors (Lipinski definition) is 2. The minimum atomic E-state index is 0.590. The van der Waals surface area contributed by atoms with Crippen molar-refractivity contribution in [3.05, 3.63) is 18.2 Å². The predicted molar refractivity (Wildman–Crippen MR) is 65.1 cm³/mol. The van der Waals surface area contributed by atoms with Gasteiger partial charge in [0, 0.05) is 37.6 Å². The van der Waals surface area contributed by atoms with Crippen molar-refractivity contribution in [2.45, 2.75) is 39.4 Å². The summed E-state index contributed by atoms with van der Waals surface area (Å²) in [5, 5.41) is 3.58. The first-order valence-electron chi connectivity index (χ1n) is 6.12.